The lowest BCUT2D eigenvalue weighted by atomic mass is 10.2. The van der Waals surface area contributed by atoms with E-state index in [1.54, 1.807) is 0 Å². The minimum Gasteiger partial charge on any atom is -0.330 e. The van der Waals surface area contributed by atoms with Crippen LogP contribution in [0.1, 0.15) is 13.8 Å². The largest absolute Gasteiger partial charge is 0.330 e. The van der Waals surface area contributed by atoms with Crippen molar-refractivity contribution in [2.75, 3.05) is 11.9 Å². The molecular formula is C8H15N5O. The molecule has 1 aromatic rings. The summed E-state index contributed by atoms with van der Waals surface area (Å²) in [5.74, 6) is 0.651. The fraction of sp³-hybridized carbons (Fsp3) is 0.625. The number of nitrogens with two attached hydrogens (primary N) is 1. The number of rotatable bonds is 4. The molecule has 1 heterocycles. The van der Waals surface area contributed by atoms with Crippen LogP contribution in [0.3, 0.4) is 0 Å². The van der Waals surface area contributed by atoms with Gasteiger partial charge in [-0.25, -0.2) is 0 Å². The molecule has 0 aliphatic rings. The first-order valence-corrected chi connectivity index (χ1v) is 4.49. The van der Waals surface area contributed by atoms with Gasteiger partial charge in [-0.05, 0) is 12.5 Å². The van der Waals surface area contributed by atoms with Crippen LogP contribution in [0.5, 0.6) is 0 Å². The number of nitrogens with zero attached hydrogens (tertiary/aromatic N) is 3. The summed E-state index contributed by atoms with van der Waals surface area (Å²) in [6.45, 7) is 4.70. The average Bonchev–Trinajstić information content (AvgIpc) is 2.51. The third-order valence-corrected chi connectivity index (χ3v) is 1.72. The minimum atomic E-state index is -0.149. The van der Waals surface area contributed by atoms with Crippen molar-refractivity contribution in [1.29, 1.82) is 0 Å². The number of nitrogens with one attached hydrogen (secondary N) is 1. The Morgan fingerprint density at radius 3 is 3.07 bits per heavy atom. The first-order valence-electron chi connectivity index (χ1n) is 4.49. The van der Waals surface area contributed by atoms with E-state index in [9.17, 15) is 4.79 Å². The molecular weight excluding hydrogens is 182 g/mol. The zero-order valence-corrected chi connectivity index (χ0v) is 8.40. The van der Waals surface area contributed by atoms with E-state index in [2.05, 4.69) is 15.5 Å². The summed E-state index contributed by atoms with van der Waals surface area (Å²) >= 11 is 0. The van der Waals surface area contributed by atoms with Crippen LogP contribution < -0.4 is 11.1 Å². The first-order chi connectivity index (χ1) is 6.61. The predicted octanol–water partition coefficient (Wildman–Crippen LogP) is -0.169. The summed E-state index contributed by atoms with van der Waals surface area (Å²) in [5.41, 5.74) is 5.47. The predicted molar refractivity (Wildman–Crippen MR) is 52.5 cm³/mol. The Bertz CT molecular complexity index is 308. The van der Waals surface area contributed by atoms with Gasteiger partial charge in [-0.3, -0.25) is 4.79 Å². The quantitative estimate of drug-likeness (QED) is 0.701. The summed E-state index contributed by atoms with van der Waals surface area (Å²) in [6, 6.07) is 0. The Morgan fingerprint density at radius 1 is 1.79 bits per heavy atom. The molecule has 0 aliphatic carbocycles. The molecule has 0 bridgehead atoms. The second-order valence-electron chi connectivity index (χ2n) is 3.31. The number of carbonyl (C=O) groups excluding carboxylic acids is 1. The van der Waals surface area contributed by atoms with Crippen LogP contribution in [0.15, 0.2) is 6.20 Å². The molecule has 0 radical (unpaired) electrons. The molecule has 0 fully saturated rings. The molecule has 1 atom stereocenters. The minimum absolute atomic E-state index is 0.149. The third-order valence-electron chi connectivity index (χ3n) is 1.72. The highest BCUT2D eigenvalue weighted by molar-refractivity contribution is 5.87. The maximum absolute atomic E-state index is 10.7. The van der Waals surface area contributed by atoms with Gasteiger partial charge in [-0.1, -0.05) is 6.92 Å². The number of aromatic nitrogens is 3. The lowest BCUT2D eigenvalue weighted by Gasteiger charge is -2.05. The zero-order chi connectivity index (χ0) is 10.6. The molecule has 1 unspecified atom stereocenters. The van der Waals surface area contributed by atoms with Crippen molar-refractivity contribution in [2.45, 2.75) is 20.4 Å². The normalized spacial score (nSPS) is 12.5. The number of hydrogen-bond donors (Lipinski definition) is 2. The van der Waals surface area contributed by atoms with E-state index in [4.69, 9.17) is 5.73 Å². The van der Waals surface area contributed by atoms with Crippen LogP contribution >= 0.6 is 0 Å². The van der Waals surface area contributed by atoms with Crippen molar-refractivity contribution in [3.05, 3.63) is 6.20 Å². The standard InChI is InChI=1S/C8H15N5O/c1-6(3-9)5-13-10-4-8(12-13)11-7(2)14/h4,6H,3,5,9H2,1-2H3,(H,11,12,14). The molecule has 3 N–H and O–H groups in total. The van der Waals surface area contributed by atoms with Gasteiger partial charge in [0.05, 0.1) is 12.7 Å². The van der Waals surface area contributed by atoms with Crippen molar-refractivity contribution in [3.8, 4) is 0 Å². The highest BCUT2D eigenvalue weighted by Crippen LogP contribution is 2.01. The van der Waals surface area contributed by atoms with Gasteiger partial charge in [0.25, 0.3) is 0 Å². The molecule has 6 nitrogen and oxygen atoms in total. The molecule has 6 heteroatoms. The van der Waals surface area contributed by atoms with E-state index in [0.717, 1.165) is 0 Å². The van der Waals surface area contributed by atoms with Crippen LogP contribution in [0.2, 0.25) is 0 Å². The molecule has 0 spiro atoms. The lowest BCUT2D eigenvalue weighted by molar-refractivity contribution is -0.114. The lowest BCUT2D eigenvalue weighted by Crippen LogP contribution is -2.18. The van der Waals surface area contributed by atoms with Gasteiger partial charge in [0.1, 0.15) is 0 Å². The summed E-state index contributed by atoms with van der Waals surface area (Å²) in [5, 5.41) is 10.6. The van der Waals surface area contributed by atoms with Crippen LogP contribution in [0.25, 0.3) is 0 Å². The second-order valence-corrected chi connectivity index (χ2v) is 3.31. The Kier molecular flexibility index (Phi) is 3.58. The van der Waals surface area contributed by atoms with Gasteiger partial charge in [-0.15, -0.1) is 5.10 Å². The number of carbonyl (C=O) groups is 1. The molecule has 0 saturated carbocycles. The van der Waals surface area contributed by atoms with Gasteiger partial charge >= 0.3 is 0 Å². The van der Waals surface area contributed by atoms with E-state index in [1.807, 2.05) is 6.92 Å². The van der Waals surface area contributed by atoms with Crippen LogP contribution in [0.4, 0.5) is 5.82 Å². The molecule has 1 amide bonds. The first kappa shape index (κ1) is 10.6. The Morgan fingerprint density at radius 2 is 2.50 bits per heavy atom. The van der Waals surface area contributed by atoms with E-state index in [-0.39, 0.29) is 5.91 Å². The van der Waals surface area contributed by atoms with E-state index < -0.39 is 0 Å². The summed E-state index contributed by atoms with van der Waals surface area (Å²) in [7, 11) is 0. The fourth-order valence-electron chi connectivity index (χ4n) is 0.976. The number of amides is 1. The van der Waals surface area contributed by atoms with E-state index in [1.165, 1.54) is 17.9 Å². The van der Waals surface area contributed by atoms with Gasteiger partial charge < -0.3 is 11.1 Å². The molecule has 14 heavy (non-hydrogen) atoms. The van der Waals surface area contributed by atoms with Crippen LogP contribution in [-0.2, 0) is 11.3 Å². The molecule has 0 aromatic carbocycles. The van der Waals surface area contributed by atoms with Crippen LogP contribution in [-0.4, -0.2) is 27.4 Å². The van der Waals surface area contributed by atoms with E-state index in [0.29, 0.717) is 24.8 Å². The third kappa shape index (κ3) is 3.14. The molecule has 0 saturated heterocycles. The topological polar surface area (TPSA) is 85.8 Å². The molecule has 1 rings (SSSR count). The summed E-state index contributed by atoms with van der Waals surface area (Å²) in [4.78, 5) is 12.2. The van der Waals surface area contributed by atoms with Gasteiger partial charge in [-0.2, -0.15) is 9.90 Å². The van der Waals surface area contributed by atoms with Gasteiger partial charge in [0, 0.05) is 6.92 Å². The molecule has 78 valence electrons. The van der Waals surface area contributed by atoms with Crippen molar-refractivity contribution in [2.24, 2.45) is 11.7 Å². The maximum atomic E-state index is 10.7. The van der Waals surface area contributed by atoms with Crippen molar-refractivity contribution >= 4 is 11.7 Å². The highest BCUT2D eigenvalue weighted by atomic mass is 16.1. The molecule has 1 aromatic heterocycles. The number of hydrogen-bond acceptors (Lipinski definition) is 4. The van der Waals surface area contributed by atoms with E-state index >= 15 is 0 Å². The van der Waals surface area contributed by atoms with Crippen molar-refractivity contribution in [1.82, 2.24) is 15.0 Å². The summed E-state index contributed by atoms with van der Waals surface area (Å²) < 4.78 is 0. The average molecular weight is 197 g/mol. The zero-order valence-electron chi connectivity index (χ0n) is 8.40. The number of anilines is 1. The summed E-state index contributed by atoms with van der Waals surface area (Å²) in [6.07, 6.45) is 1.52. The van der Waals surface area contributed by atoms with Crippen molar-refractivity contribution in [3.63, 3.8) is 0 Å². The monoisotopic (exact) mass is 197 g/mol. The van der Waals surface area contributed by atoms with Crippen LogP contribution in [0, 0.1) is 5.92 Å². The Labute approximate surface area is 82.5 Å². The fourth-order valence-corrected chi connectivity index (χ4v) is 0.976. The Hall–Kier alpha value is -1.43. The molecule has 0 aliphatic heterocycles. The van der Waals surface area contributed by atoms with Crippen molar-refractivity contribution < 1.29 is 4.79 Å². The smallest absolute Gasteiger partial charge is 0.222 e. The second kappa shape index (κ2) is 4.71. The Balaban J connectivity index is 2.54. The SMILES string of the molecule is CC(=O)Nc1cnn(CC(C)CN)n1. The highest BCUT2D eigenvalue weighted by Gasteiger charge is 2.04. The van der Waals surface area contributed by atoms with Gasteiger partial charge in [0.2, 0.25) is 5.91 Å². The maximum Gasteiger partial charge on any atom is 0.222 e. The van der Waals surface area contributed by atoms with Gasteiger partial charge in [0.15, 0.2) is 5.82 Å².